The predicted octanol–water partition coefficient (Wildman–Crippen LogP) is 0.600. The first kappa shape index (κ1) is 12.1. The summed E-state index contributed by atoms with van der Waals surface area (Å²) in [6.45, 7) is 3.72. The predicted molar refractivity (Wildman–Crippen MR) is 65.9 cm³/mol. The molecule has 1 aliphatic rings. The summed E-state index contributed by atoms with van der Waals surface area (Å²) >= 11 is 0. The van der Waals surface area contributed by atoms with Crippen LogP contribution < -0.4 is 10.6 Å². The van der Waals surface area contributed by atoms with E-state index < -0.39 is 0 Å². The monoisotopic (exact) mass is 236 g/mol. The number of hydrogen-bond donors (Lipinski definition) is 2. The van der Waals surface area contributed by atoms with Crippen molar-refractivity contribution >= 4 is 5.91 Å². The summed E-state index contributed by atoms with van der Waals surface area (Å²) in [5.74, 6) is -0.0360. The van der Waals surface area contributed by atoms with Gasteiger partial charge in [0.1, 0.15) is 5.69 Å². The highest BCUT2D eigenvalue weighted by Crippen LogP contribution is 2.08. The summed E-state index contributed by atoms with van der Waals surface area (Å²) in [6.07, 6.45) is 3.48. The molecule has 2 N–H and O–H groups in total. The lowest BCUT2D eigenvalue weighted by Crippen LogP contribution is -2.31. The van der Waals surface area contributed by atoms with Crippen molar-refractivity contribution in [1.29, 1.82) is 0 Å². The highest BCUT2D eigenvalue weighted by molar-refractivity contribution is 5.92. The molecule has 0 aromatic carbocycles. The molecule has 1 fully saturated rings. The van der Waals surface area contributed by atoms with Gasteiger partial charge in [-0.3, -0.25) is 9.48 Å². The van der Waals surface area contributed by atoms with Crippen molar-refractivity contribution in [2.45, 2.75) is 32.2 Å². The Bertz CT molecular complexity index is 393. The van der Waals surface area contributed by atoms with Gasteiger partial charge in [-0.05, 0) is 38.8 Å². The van der Waals surface area contributed by atoms with Gasteiger partial charge in [0.05, 0.1) is 5.69 Å². The maximum atomic E-state index is 11.9. The molecule has 1 amide bonds. The number of carbonyl (C=O) groups excluding carboxylic acids is 1. The number of aryl methyl sites for hydroxylation is 2. The van der Waals surface area contributed by atoms with E-state index in [0.717, 1.165) is 25.2 Å². The zero-order valence-corrected chi connectivity index (χ0v) is 10.5. The second kappa shape index (κ2) is 5.31. The summed E-state index contributed by atoms with van der Waals surface area (Å²) < 4.78 is 1.62. The van der Waals surface area contributed by atoms with E-state index in [9.17, 15) is 4.79 Å². The molecule has 5 nitrogen and oxygen atoms in total. The van der Waals surface area contributed by atoms with Crippen LogP contribution in [0.15, 0.2) is 6.07 Å². The molecule has 17 heavy (non-hydrogen) atoms. The molecule has 0 bridgehead atoms. The van der Waals surface area contributed by atoms with Crippen LogP contribution in [0.3, 0.4) is 0 Å². The molecule has 1 aromatic rings. The van der Waals surface area contributed by atoms with E-state index in [-0.39, 0.29) is 5.91 Å². The lowest BCUT2D eigenvalue weighted by Gasteiger charge is -2.10. The van der Waals surface area contributed by atoms with Crippen molar-refractivity contribution in [3.63, 3.8) is 0 Å². The maximum Gasteiger partial charge on any atom is 0.269 e. The van der Waals surface area contributed by atoms with E-state index in [0.29, 0.717) is 11.7 Å². The van der Waals surface area contributed by atoms with E-state index in [1.807, 2.05) is 13.0 Å². The third-order valence-corrected chi connectivity index (χ3v) is 3.18. The molecule has 0 aliphatic carbocycles. The zero-order chi connectivity index (χ0) is 12.3. The highest BCUT2D eigenvalue weighted by atomic mass is 16.2. The Balaban J connectivity index is 1.78. The Morgan fingerprint density at radius 3 is 3.12 bits per heavy atom. The summed E-state index contributed by atoms with van der Waals surface area (Å²) in [5, 5.41) is 10.5. The Labute approximate surface area is 102 Å². The van der Waals surface area contributed by atoms with Crippen LogP contribution in [0.4, 0.5) is 0 Å². The average Bonchev–Trinajstić information content (AvgIpc) is 2.88. The smallest absolute Gasteiger partial charge is 0.269 e. The summed E-state index contributed by atoms with van der Waals surface area (Å²) in [4.78, 5) is 11.9. The van der Waals surface area contributed by atoms with Gasteiger partial charge in [0.15, 0.2) is 0 Å². The highest BCUT2D eigenvalue weighted by Gasteiger charge is 2.15. The van der Waals surface area contributed by atoms with Crippen LogP contribution in [0.5, 0.6) is 0 Å². The van der Waals surface area contributed by atoms with Crippen LogP contribution in [0.25, 0.3) is 0 Å². The Morgan fingerprint density at radius 2 is 2.53 bits per heavy atom. The largest absolute Gasteiger partial charge is 0.351 e. The zero-order valence-electron chi connectivity index (χ0n) is 10.5. The fourth-order valence-electron chi connectivity index (χ4n) is 2.28. The Kier molecular flexibility index (Phi) is 3.78. The van der Waals surface area contributed by atoms with E-state index in [1.54, 1.807) is 11.7 Å². The van der Waals surface area contributed by atoms with Gasteiger partial charge in [-0.15, -0.1) is 0 Å². The normalized spacial score (nSPS) is 19.5. The molecule has 0 radical (unpaired) electrons. The van der Waals surface area contributed by atoms with Crippen molar-refractivity contribution in [3.8, 4) is 0 Å². The topological polar surface area (TPSA) is 59.0 Å². The number of nitrogens with one attached hydrogen (secondary N) is 2. The quantitative estimate of drug-likeness (QED) is 0.805. The van der Waals surface area contributed by atoms with Crippen molar-refractivity contribution < 1.29 is 4.79 Å². The van der Waals surface area contributed by atoms with Gasteiger partial charge in [-0.2, -0.15) is 5.10 Å². The molecule has 5 heteroatoms. The van der Waals surface area contributed by atoms with E-state index in [4.69, 9.17) is 0 Å². The first-order chi connectivity index (χ1) is 8.16. The third kappa shape index (κ3) is 3.06. The second-order valence-corrected chi connectivity index (χ2v) is 4.63. The van der Waals surface area contributed by atoms with Crippen LogP contribution in [-0.2, 0) is 7.05 Å². The molecular weight excluding hydrogens is 216 g/mol. The molecule has 1 atom stereocenters. The minimum absolute atomic E-state index is 0.0360. The van der Waals surface area contributed by atoms with Crippen LogP contribution >= 0.6 is 0 Å². The van der Waals surface area contributed by atoms with Crippen molar-refractivity contribution in [3.05, 3.63) is 17.5 Å². The molecule has 1 aliphatic heterocycles. The maximum absolute atomic E-state index is 11.9. The summed E-state index contributed by atoms with van der Waals surface area (Å²) in [5.41, 5.74) is 1.50. The van der Waals surface area contributed by atoms with Crippen LogP contribution in [-0.4, -0.2) is 34.8 Å². The van der Waals surface area contributed by atoms with E-state index in [1.165, 1.54) is 12.8 Å². The van der Waals surface area contributed by atoms with E-state index >= 15 is 0 Å². The SMILES string of the molecule is Cc1cc(C(=O)NCC[C@@H]2CCCN2)n(C)n1. The van der Waals surface area contributed by atoms with E-state index in [2.05, 4.69) is 15.7 Å². The standard InChI is InChI=1S/C12H20N4O/c1-9-8-11(16(2)15-9)12(17)14-7-5-10-4-3-6-13-10/h8,10,13H,3-7H2,1-2H3,(H,14,17)/t10-/m0/s1. The molecular formula is C12H20N4O. The minimum Gasteiger partial charge on any atom is -0.351 e. The summed E-state index contributed by atoms with van der Waals surface area (Å²) in [7, 11) is 1.79. The Hall–Kier alpha value is -1.36. The molecule has 0 unspecified atom stereocenters. The van der Waals surface area contributed by atoms with Crippen LogP contribution in [0, 0.1) is 6.92 Å². The number of rotatable bonds is 4. The average molecular weight is 236 g/mol. The molecule has 0 saturated carbocycles. The molecule has 2 rings (SSSR count). The molecule has 1 aromatic heterocycles. The molecule has 94 valence electrons. The van der Waals surface area contributed by atoms with Crippen LogP contribution in [0.2, 0.25) is 0 Å². The van der Waals surface area contributed by atoms with Crippen LogP contribution in [0.1, 0.15) is 35.4 Å². The van der Waals surface area contributed by atoms with Crippen molar-refractivity contribution in [2.75, 3.05) is 13.1 Å². The van der Waals surface area contributed by atoms with Crippen molar-refractivity contribution in [2.24, 2.45) is 7.05 Å². The fourth-order valence-corrected chi connectivity index (χ4v) is 2.28. The number of hydrogen-bond acceptors (Lipinski definition) is 3. The number of carbonyl (C=O) groups is 1. The third-order valence-electron chi connectivity index (χ3n) is 3.18. The van der Waals surface area contributed by atoms with Crippen molar-refractivity contribution in [1.82, 2.24) is 20.4 Å². The number of aromatic nitrogens is 2. The first-order valence-electron chi connectivity index (χ1n) is 6.19. The molecule has 1 saturated heterocycles. The van der Waals surface area contributed by atoms with Gasteiger partial charge in [-0.25, -0.2) is 0 Å². The lowest BCUT2D eigenvalue weighted by molar-refractivity contribution is 0.0943. The van der Waals surface area contributed by atoms with Gasteiger partial charge in [0.2, 0.25) is 0 Å². The summed E-state index contributed by atoms with van der Waals surface area (Å²) in [6, 6.07) is 2.38. The van der Waals surface area contributed by atoms with Gasteiger partial charge in [0.25, 0.3) is 5.91 Å². The second-order valence-electron chi connectivity index (χ2n) is 4.63. The van der Waals surface area contributed by atoms with Gasteiger partial charge in [-0.1, -0.05) is 0 Å². The molecule has 0 spiro atoms. The number of amides is 1. The number of nitrogens with zero attached hydrogens (tertiary/aromatic N) is 2. The lowest BCUT2D eigenvalue weighted by atomic mass is 10.1. The minimum atomic E-state index is -0.0360. The Morgan fingerprint density at radius 1 is 1.71 bits per heavy atom. The fraction of sp³-hybridized carbons (Fsp3) is 0.667. The van der Waals surface area contributed by atoms with Gasteiger partial charge < -0.3 is 10.6 Å². The van der Waals surface area contributed by atoms with Gasteiger partial charge >= 0.3 is 0 Å². The van der Waals surface area contributed by atoms with Gasteiger partial charge in [0, 0.05) is 19.6 Å². The molecule has 2 heterocycles. The first-order valence-corrected chi connectivity index (χ1v) is 6.19.